The number of nitrogens with one attached hydrogen (secondary N) is 2. The van der Waals surface area contributed by atoms with Gasteiger partial charge < -0.3 is 25.0 Å². The second-order valence-electron chi connectivity index (χ2n) is 9.38. The first-order valence-electron chi connectivity index (χ1n) is 12.9. The van der Waals surface area contributed by atoms with E-state index in [2.05, 4.69) is 15.4 Å². The van der Waals surface area contributed by atoms with Gasteiger partial charge in [0.05, 0.1) is 18.7 Å². The zero-order valence-corrected chi connectivity index (χ0v) is 22.2. The lowest BCUT2D eigenvalue weighted by Gasteiger charge is -2.35. The molecule has 0 radical (unpaired) electrons. The van der Waals surface area contributed by atoms with Crippen molar-refractivity contribution < 1.29 is 37.0 Å². The van der Waals surface area contributed by atoms with Gasteiger partial charge in [-0.1, -0.05) is 12.1 Å². The number of halogens is 3. The molecule has 1 saturated carbocycles. The summed E-state index contributed by atoms with van der Waals surface area (Å²) < 4.78 is 45.9. The Morgan fingerprint density at radius 2 is 1.54 bits per heavy atom. The first-order valence-corrected chi connectivity index (χ1v) is 12.9. The number of benzene rings is 2. The second kappa shape index (κ2) is 13.3. The standard InChI is InChI=1S/C28H34F3N3O5/c1-4-34(5-2)25(35)20-10-6-18(7-11-20)24(19-8-12-21(13-9-19)26(36)38-3)33-27(37)32-22-14-16-23(17-15-22)39-28(29,30)31/h8-9,12-18,20,24H,4-7,10-11H2,1-3H3,(H2,32,33,37). The summed E-state index contributed by atoms with van der Waals surface area (Å²) in [6.45, 7) is 5.24. The first kappa shape index (κ1) is 29.8. The van der Waals surface area contributed by atoms with Crippen molar-refractivity contribution in [3.63, 3.8) is 0 Å². The number of rotatable bonds is 9. The van der Waals surface area contributed by atoms with Crippen LogP contribution in [0.2, 0.25) is 0 Å². The molecule has 3 amide bonds. The van der Waals surface area contributed by atoms with Gasteiger partial charge in [0.25, 0.3) is 0 Å². The Balaban J connectivity index is 1.73. The third-order valence-corrected chi connectivity index (χ3v) is 6.99. The van der Waals surface area contributed by atoms with Crippen molar-refractivity contribution in [2.45, 2.75) is 51.9 Å². The highest BCUT2D eigenvalue weighted by Gasteiger charge is 2.34. The van der Waals surface area contributed by atoms with Crippen molar-refractivity contribution in [2.75, 3.05) is 25.5 Å². The molecule has 1 fully saturated rings. The third kappa shape index (κ3) is 8.36. The summed E-state index contributed by atoms with van der Waals surface area (Å²) in [4.78, 5) is 39.5. The van der Waals surface area contributed by atoms with E-state index in [4.69, 9.17) is 4.74 Å². The molecule has 0 saturated heterocycles. The van der Waals surface area contributed by atoms with Crippen LogP contribution >= 0.6 is 0 Å². The molecule has 11 heteroatoms. The molecule has 0 aromatic heterocycles. The zero-order valence-electron chi connectivity index (χ0n) is 22.2. The van der Waals surface area contributed by atoms with Crippen molar-refractivity contribution in [1.82, 2.24) is 10.2 Å². The van der Waals surface area contributed by atoms with Crippen molar-refractivity contribution in [2.24, 2.45) is 11.8 Å². The summed E-state index contributed by atoms with van der Waals surface area (Å²) in [5.74, 6) is -0.746. The highest BCUT2D eigenvalue weighted by atomic mass is 19.4. The quantitative estimate of drug-likeness (QED) is 0.379. The monoisotopic (exact) mass is 549 g/mol. The van der Waals surface area contributed by atoms with Gasteiger partial charge in [0.15, 0.2) is 0 Å². The van der Waals surface area contributed by atoms with Crippen LogP contribution in [-0.2, 0) is 9.53 Å². The van der Waals surface area contributed by atoms with Gasteiger partial charge in [-0.05, 0) is 87.4 Å². The minimum atomic E-state index is -4.81. The average molecular weight is 550 g/mol. The summed E-state index contributed by atoms with van der Waals surface area (Å²) in [6, 6.07) is 10.7. The fraction of sp³-hybridized carbons (Fsp3) is 0.464. The molecule has 0 bridgehead atoms. The van der Waals surface area contributed by atoms with E-state index in [9.17, 15) is 27.6 Å². The maximum absolute atomic E-state index is 12.9. The number of anilines is 1. The number of nitrogens with zero attached hydrogens (tertiary/aromatic N) is 1. The van der Waals surface area contributed by atoms with Crippen LogP contribution in [0.3, 0.4) is 0 Å². The maximum Gasteiger partial charge on any atom is 0.573 e. The molecule has 2 N–H and O–H groups in total. The van der Waals surface area contributed by atoms with Crippen LogP contribution in [-0.4, -0.2) is 49.4 Å². The van der Waals surface area contributed by atoms with Crippen LogP contribution in [0, 0.1) is 11.8 Å². The molecule has 0 heterocycles. The summed E-state index contributed by atoms with van der Waals surface area (Å²) >= 11 is 0. The number of esters is 1. The molecule has 212 valence electrons. The van der Waals surface area contributed by atoms with Crippen LogP contribution in [0.25, 0.3) is 0 Å². The van der Waals surface area contributed by atoms with Gasteiger partial charge >= 0.3 is 18.4 Å². The van der Waals surface area contributed by atoms with Gasteiger partial charge in [-0.3, -0.25) is 4.79 Å². The van der Waals surface area contributed by atoms with Crippen molar-refractivity contribution in [1.29, 1.82) is 0 Å². The summed E-state index contributed by atoms with van der Waals surface area (Å²) in [6.07, 6.45) is -1.99. The van der Waals surface area contributed by atoms with E-state index in [1.807, 2.05) is 18.7 Å². The molecular formula is C28H34F3N3O5. The highest BCUT2D eigenvalue weighted by Crippen LogP contribution is 2.38. The van der Waals surface area contributed by atoms with Crippen molar-refractivity contribution >= 4 is 23.6 Å². The SMILES string of the molecule is CCN(CC)C(=O)C1CCC(C(NC(=O)Nc2ccc(OC(F)(F)F)cc2)c2ccc(C(=O)OC)cc2)CC1. The highest BCUT2D eigenvalue weighted by molar-refractivity contribution is 5.90. The van der Waals surface area contributed by atoms with Crippen LogP contribution in [0.4, 0.5) is 23.7 Å². The van der Waals surface area contributed by atoms with Crippen molar-refractivity contribution in [3.05, 3.63) is 59.7 Å². The third-order valence-electron chi connectivity index (χ3n) is 6.99. The lowest BCUT2D eigenvalue weighted by Crippen LogP contribution is -2.40. The summed E-state index contributed by atoms with van der Waals surface area (Å²) in [5, 5.41) is 5.63. The molecular weight excluding hydrogens is 515 g/mol. The van der Waals surface area contributed by atoms with E-state index in [0.717, 1.165) is 17.7 Å². The Morgan fingerprint density at radius 1 is 0.949 bits per heavy atom. The number of ether oxygens (including phenoxy) is 2. The van der Waals surface area contributed by atoms with Gasteiger partial charge in [-0.25, -0.2) is 9.59 Å². The van der Waals surface area contributed by atoms with Crippen LogP contribution < -0.4 is 15.4 Å². The smallest absolute Gasteiger partial charge is 0.465 e. The van der Waals surface area contributed by atoms with Crippen molar-refractivity contribution in [3.8, 4) is 5.75 Å². The molecule has 0 spiro atoms. The van der Waals surface area contributed by atoms with Crippen LogP contribution in [0.1, 0.15) is 61.5 Å². The normalized spacial score (nSPS) is 18.0. The molecule has 39 heavy (non-hydrogen) atoms. The fourth-order valence-electron chi connectivity index (χ4n) is 4.96. The van der Waals surface area contributed by atoms with E-state index in [1.54, 1.807) is 24.3 Å². The number of urea groups is 1. The minimum Gasteiger partial charge on any atom is -0.465 e. The Hall–Kier alpha value is -3.76. The van der Waals surface area contributed by atoms with E-state index >= 15 is 0 Å². The Labute approximate surface area is 225 Å². The lowest BCUT2D eigenvalue weighted by molar-refractivity contribution is -0.274. The molecule has 0 aliphatic heterocycles. The number of carbonyl (C=O) groups is 3. The summed E-state index contributed by atoms with van der Waals surface area (Å²) in [5.41, 5.74) is 1.44. The molecule has 8 nitrogen and oxygen atoms in total. The molecule has 2 aromatic rings. The maximum atomic E-state index is 12.9. The molecule has 3 rings (SSSR count). The van der Waals surface area contributed by atoms with Gasteiger partial charge in [-0.15, -0.1) is 13.2 Å². The predicted octanol–water partition coefficient (Wildman–Crippen LogP) is 5.91. The van der Waals surface area contributed by atoms with E-state index in [0.29, 0.717) is 44.3 Å². The van der Waals surface area contributed by atoms with E-state index in [1.165, 1.54) is 19.2 Å². The largest absolute Gasteiger partial charge is 0.573 e. The summed E-state index contributed by atoms with van der Waals surface area (Å²) in [7, 11) is 1.30. The number of carbonyl (C=O) groups excluding carboxylic acids is 3. The van der Waals surface area contributed by atoms with E-state index < -0.39 is 30.2 Å². The average Bonchev–Trinajstić information content (AvgIpc) is 2.92. The topological polar surface area (TPSA) is 97.0 Å². The molecule has 2 aromatic carbocycles. The molecule has 1 aliphatic rings. The number of methoxy groups -OCH3 is 1. The van der Waals surface area contributed by atoms with E-state index in [-0.39, 0.29) is 23.4 Å². The molecule has 1 aliphatic carbocycles. The number of hydrogen-bond acceptors (Lipinski definition) is 5. The predicted molar refractivity (Wildman–Crippen MR) is 139 cm³/mol. The minimum absolute atomic E-state index is 0.0306. The van der Waals surface area contributed by atoms with Gasteiger partial charge in [0.1, 0.15) is 5.75 Å². The lowest BCUT2D eigenvalue weighted by atomic mass is 9.76. The Bertz CT molecular complexity index is 1110. The molecule has 1 unspecified atom stereocenters. The molecule has 1 atom stereocenters. The first-order chi connectivity index (χ1) is 18.5. The number of amides is 3. The second-order valence-corrected chi connectivity index (χ2v) is 9.38. The van der Waals surface area contributed by atoms with Gasteiger partial charge in [-0.2, -0.15) is 0 Å². The van der Waals surface area contributed by atoms with Crippen LogP contribution in [0.15, 0.2) is 48.5 Å². The number of alkyl halides is 3. The zero-order chi connectivity index (χ0) is 28.6. The van der Waals surface area contributed by atoms with Crippen LogP contribution in [0.5, 0.6) is 5.75 Å². The fourth-order valence-corrected chi connectivity index (χ4v) is 4.96. The Kier molecular flexibility index (Phi) is 10.2. The Morgan fingerprint density at radius 3 is 2.05 bits per heavy atom. The number of hydrogen-bond donors (Lipinski definition) is 2. The van der Waals surface area contributed by atoms with Gasteiger partial charge in [0, 0.05) is 24.7 Å². The van der Waals surface area contributed by atoms with Gasteiger partial charge in [0.2, 0.25) is 5.91 Å².